The van der Waals surface area contributed by atoms with Crippen LogP contribution in [0, 0.1) is 11.3 Å². The predicted octanol–water partition coefficient (Wildman–Crippen LogP) is 1.94. The number of aromatic nitrogens is 3. The third-order valence-corrected chi connectivity index (χ3v) is 5.07. The van der Waals surface area contributed by atoms with Gasteiger partial charge in [0.1, 0.15) is 11.6 Å². The average molecular weight is 301 g/mol. The van der Waals surface area contributed by atoms with Crippen molar-refractivity contribution in [2.45, 2.75) is 32.5 Å². The van der Waals surface area contributed by atoms with Gasteiger partial charge in [-0.05, 0) is 24.6 Å². The third kappa shape index (κ3) is 1.80. The fourth-order valence-electron chi connectivity index (χ4n) is 3.87. The zero-order chi connectivity index (χ0) is 15.5. The van der Waals surface area contributed by atoms with Crippen molar-refractivity contribution in [1.29, 1.82) is 0 Å². The quantitative estimate of drug-likeness (QED) is 0.793. The molecular weight excluding hydrogens is 282 g/mol. The number of nitrogens with zero attached hydrogens (tertiary/aromatic N) is 3. The number of aryl methyl sites for hydroxylation is 1. The van der Waals surface area contributed by atoms with Crippen LogP contribution >= 0.6 is 0 Å². The molecule has 1 saturated heterocycles. The number of esters is 1. The third-order valence-electron chi connectivity index (χ3n) is 5.07. The van der Waals surface area contributed by atoms with E-state index in [1.807, 2.05) is 13.1 Å². The Morgan fingerprint density at radius 2 is 2.27 bits per heavy atom. The molecule has 0 N–H and O–H groups in total. The van der Waals surface area contributed by atoms with Gasteiger partial charge >= 0.3 is 5.97 Å². The van der Waals surface area contributed by atoms with Gasteiger partial charge in [-0.15, -0.1) is 5.10 Å². The maximum Gasteiger partial charge on any atom is 0.338 e. The number of benzene rings is 1. The molecule has 2 heterocycles. The molecule has 0 bridgehead atoms. The van der Waals surface area contributed by atoms with Gasteiger partial charge in [-0.2, -0.15) is 0 Å². The van der Waals surface area contributed by atoms with E-state index in [9.17, 15) is 4.79 Å². The monoisotopic (exact) mass is 301 g/mol. The van der Waals surface area contributed by atoms with Crippen LogP contribution in [-0.2, 0) is 16.5 Å². The highest BCUT2D eigenvalue weighted by molar-refractivity contribution is 5.93. The van der Waals surface area contributed by atoms with Crippen LogP contribution < -0.4 is 0 Å². The van der Waals surface area contributed by atoms with E-state index in [0.29, 0.717) is 17.0 Å². The van der Waals surface area contributed by atoms with Gasteiger partial charge in [0.05, 0.1) is 17.2 Å². The average Bonchev–Trinajstić information content (AvgIpc) is 3.10. The Balaban J connectivity index is 1.56. The molecule has 6 nitrogen and oxygen atoms in total. The second-order valence-corrected chi connectivity index (χ2v) is 6.81. The normalized spacial score (nSPS) is 29.1. The first-order chi connectivity index (χ1) is 10.5. The number of carbonyl (C=O) groups excluding carboxylic acids is 1. The fraction of sp³-hybridized carbons (Fsp3) is 0.562. The van der Waals surface area contributed by atoms with Gasteiger partial charge in [0.15, 0.2) is 0 Å². The summed E-state index contributed by atoms with van der Waals surface area (Å²) in [6.45, 7) is 4.96. The lowest BCUT2D eigenvalue weighted by Gasteiger charge is -2.53. The van der Waals surface area contributed by atoms with Crippen molar-refractivity contribution in [2.24, 2.45) is 18.4 Å². The van der Waals surface area contributed by atoms with Gasteiger partial charge in [0.2, 0.25) is 0 Å². The number of hydrogen-bond donors (Lipinski definition) is 0. The van der Waals surface area contributed by atoms with Crippen molar-refractivity contribution in [1.82, 2.24) is 15.0 Å². The van der Waals surface area contributed by atoms with Crippen molar-refractivity contribution in [2.75, 3.05) is 6.61 Å². The fourth-order valence-corrected chi connectivity index (χ4v) is 3.87. The predicted molar refractivity (Wildman–Crippen MR) is 79.3 cm³/mol. The van der Waals surface area contributed by atoms with Crippen LogP contribution in [0.15, 0.2) is 18.2 Å². The van der Waals surface area contributed by atoms with E-state index >= 15 is 0 Å². The van der Waals surface area contributed by atoms with E-state index in [1.54, 1.807) is 16.8 Å². The maximum absolute atomic E-state index is 12.5. The summed E-state index contributed by atoms with van der Waals surface area (Å²) in [6.07, 6.45) is 1.10. The lowest BCUT2D eigenvalue weighted by atomic mass is 9.59. The molecule has 4 rings (SSSR count). The topological polar surface area (TPSA) is 66.2 Å². The van der Waals surface area contributed by atoms with Crippen LogP contribution in [0.2, 0.25) is 0 Å². The van der Waals surface area contributed by atoms with E-state index in [0.717, 1.165) is 18.5 Å². The minimum Gasteiger partial charge on any atom is -0.458 e. The van der Waals surface area contributed by atoms with Crippen molar-refractivity contribution < 1.29 is 14.3 Å². The molecule has 2 fully saturated rings. The lowest BCUT2D eigenvalue weighted by Crippen LogP contribution is -2.61. The molecule has 1 saturated carbocycles. The molecule has 1 aromatic carbocycles. The Kier molecular flexibility index (Phi) is 2.81. The van der Waals surface area contributed by atoms with Crippen LogP contribution in [0.25, 0.3) is 11.0 Å². The van der Waals surface area contributed by atoms with Crippen LogP contribution in [-0.4, -0.2) is 39.8 Å². The molecule has 116 valence electrons. The van der Waals surface area contributed by atoms with Crippen LogP contribution in [0.3, 0.4) is 0 Å². The van der Waals surface area contributed by atoms with Gasteiger partial charge < -0.3 is 9.47 Å². The van der Waals surface area contributed by atoms with Gasteiger partial charge in [-0.3, -0.25) is 0 Å². The number of carbonyl (C=O) groups is 1. The summed E-state index contributed by atoms with van der Waals surface area (Å²) in [7, 11) is 1.82. The molecule has 0 unspecified atom stereocenters. The molecular formula is C16H19N3O3. The Bertz CT molecular complexity index is 752. The van der Waals surface area contributed by atoms with E-state index in [4.69, 9.17) is 9.47 Å². The van der Waals surface area contributed by atoms with E-state index < -0.39 is 0 Å². The molecule has 3 atom stereocenters. The first-order valence-corrected chi connectivity index (χ1v) is 7.60. The van der Waals surface area contributed by atoms with Gasteiger partial charge in [0.25, 0.3) is 0 Å². The molecule has 2 aliphatic rings. The maximum atomic E-state index is 12.5. The summed E-state index contributed by atoms with van der Waals surface area (Å²) in [6, 6.07) is 5.35. The van der Waals surface area contributed by atoms with E-state index in [2.05, 4.69) is 24.2 Å². The van der Waals surface area contributed by atoms with Crippen LogP contribution in [0.5, 0.6) is 0 Å². The zero-order valence-corrected chi connectivity index (χ0v) is 12.9. The SMILES string of the molecule is Cn1nnc2cc(C(=O)O[C@H]3[C@H]4CCO[C@@H]4C3(C)C)ccc21. The summed E-state index contributed by atoms with van der Waals surface area (Å²) >= 11 is 0. The largest absolute Gasteiger partial charge is 0.458 e. The highest BCUT2D eigenvalue weighted by Gasteiger charge is 2.61. The highest BCUT2D eigenvalue weighted by atomic mass is 16.6. The van der Waals surface area contributed by atoms with Crippen molar-refractivity contribution in [3.8, 4) is 0 Å². The summed E-state index contributed by atoms with van der Waals surface area (Å²) in [4.78, 5) is 12.5. The van der Waals surface area contributed by atoms with E-state index in [-0.39, 0.29) is 23.6 Å². The number of fused-ring (bicyclic) bond motifs is 2. The second kappa shape index (κ2) is 4.52. The standard InChI is InChI=1S/C16H19N3O3/c1-16(2)13-10(6-7-21-13)14(16)22-15(20)9-4-5-12-11(8-9)17-18-19(12)3/h4-5,8,10,13-14H,6-7H2,1-3H3/t10-,13-,14-/m0/s1. The Morgan fingerprint density at radius 3 is 3.09 bits per heavy atom. The molecule has 1 aliphatic heterocycles. The Morgan fingerprint density at radius 1 is 1.45 bits per heavy atom. The van der Waals surface area contributed by atoms with Crippen LogP contribution in [0.4, 0.5) is 0 Å². The van der Waals surface area contributed by atoms with Gasteiger partial charge in [-0.25, -0.2) is 9.48 Å². The number of hydrogen-bond acceptors (Lipinski definition) is 5. The van der Waals surface area contributed by atoms with Gasteiger partial charge in [0, 0.05) is 25.0 Å². The molecule has 0 spiro atoms. The molecule has 0 amide bonds. The minimum absolute atomic E-state index is 0.0787. The molecule has 0 radical (unpaired) electrons. The van der Waals surface area contributed by atoms with Crippen molar-refractivity contribution in [3.63, 3.8) is 0 Å². The van der Waals surface area contributed by atoms with Crippen molar-refractivity contribution >= 4 is 17.0 Å². The summed E-state index contributed by atoms with van der Waals surface area (Å²) in [5.74, 6) is 0.0372. The van der Waals surface area contributed by atoms with Crippen LogP contribution in [0.1, 0.15) is 30.6 Å². The Hall–Kier alpha value is -1.95. The molecule has 1 aliphatic carbocycles. The second-order valence-electron chi connectivity index (χ2n) is 6.81. The molecule has 2 aromatic rings. The lowest BCUT2D eigenvalue weighted by molar-refractivity contribution is -0.183. The first kappa shape index (κ1) is 13.7. The summed E-state index contributed by atoms with van der Waals surface area (Å²) < 4.78 is 13.2. The van der Waals surface area contributed by atoms with E-state index in [1.165, 1.54) is 0 Å². The number of ether oxygens (including phenoxy) is 2. The molecule has 1 aromatic heterocycles. The molecule has 22 heavy (non-hydrogen) atoms. The highest BCUT2D eigenvalue weighted by Crippen LogP contribution is 2.53. The minimum atomic E-state index is -0.295. The zero-order valence-electron chi connectivity index (χ0n) is 12.9. The summed E-state index contributed by atoms with van der Waals surface area (Å²) in [5.41, 5.74) is 2.00. The number of rotatable bonds is 2. The first-order valence-electron chi connectivity index (χ1n) is 7.60. The van der Waals surface area contributed by atoms with Gasteiger partial charge in [-0.1, -0.05) is 19.1 Å². The Labute approximate surface area is 128 Å². The van der Waals surface area contributed by atoms with Crippen molar-refractivity contribution in [3.05, 3.63) is 23.8 Å². The molecule has 6 heteroatoms. The summed E-state index contributed by atoms with van der Waals surface area (Å²) in [5, 5.41) is 7.99. The smallest absolute Gasteiger partial charge is 0.338 e.